The van der Waals surface area contributed by atoms with Crippen molar-refractivity contribution in [1.29, 1.82) is 0 Å². The normalized spacial score (nSPS) is 13.2. The Kier molecular flexibility index (Phi) is 4.66. The number of aromatic nitrogens is 2. The van der Waals surface area contributed by atoms with E-state index in [0.717, 1.165) is 17.5 Å². The summed E-state index contributed by atoms with van der Waals surface area (Å²) in [6.07, 6.45) is 5.04. The molecule has 2 aromatic heterocycles. The SMILES string of the molecule is Cc1ccc2cc(C(C)Cc3ccc4ncc(C(C)(C)C)cc4c3)cnc2c1. The summed E-state index contributed by atoms with van der Waals surface area (Å²) >= 11 is 0. The maximum atomic E-state index is 4.68. The summed E-state index contributed by atoms with van der Waals surface area (Å²) in [5.74, 6) is 0.411. The van der Waals surface area contributed by atoms with Crippen LogP contribution in [0, 0.1) is 6.92 Å². The number of hydrogen-bond donors (Lipinski definition) is 0. The third-order valence-electron chi connectivity index (χ3n) is 5.58. The van der Waals surface area contributed by atoms with E-state index in [0.29, 0.717) is 5.92 Å². The maximum Gasteiger partial charge on any atom is 0.0704 e. The van der Waals surface area contributed by atoms with Crippen LogP contribution in [0.15, 0.2) is 60.9 Å². The smallest absolute Gasteiger partial charge is 0.0704 e. The van der Waals surface area contributed by atoms with Crippen molar-refractivity contribution in [2.24, 2.45) is 0 Å². The molecule has 2 nitrogen and oxygen atoms in total. The highest BCUT2D eigenvalue weighted by Crippen LogP contribution is 2.27. The molecule has 1 atom stereocenters. The summed E-state index contributed by atoms with van der Waals surface area (Å²) in [5.41, 5.74) is 7.41. The predicted octanol–water partition coefficient (Wildman–Crippen LogP) is 6.74. The van der Waals surface area contributed by atoms with Crippen molar-refractivity contribution in [3.63, 3.8) is 0 Å². The van der Waals surface area contributed by atoms with Gasteiger partial charge < -0.3 is 0 Å². The number of nitrogens with zero attached hydrogens (tertiary/aromatic N) is 2. The fourth-order valence-corrected chi connectivity index (χ4v) is 3.71. The Morgan fingerprint density at radius 2 is 1.61 bits per heavy atom. The van der Waals surface area contributed by atoms with Gasteiger partial charge in [0, 0.05) is 23.2 Å². The van der Waals surface area contributed by atoms with Gasteiger partial charge in [0.15, 0.2) is 0 Å². The minimum atomic E-state index is 0.111. The molecule has 2 heterocycles. The van der Waals surface area contributed by atoms with Crippen LogP contribution < -0.4 is 0 Å². The highest BCUT2D eigenvalue weighted by Gasteiger charge is 2.15. The second-order valence-electron chi connectivity index (χ2n) is 9.07. The molecule has 0 radical (unpaired) electrons. The van der Waals surface area contributed by atoms with Crippen molar-refractivity contribution in [3.8, 4) is 0 Å². The summed E-state index contributed by atoms with van der Waals surface area (Å²) in [7, 11) is 0. The Balaban J connectivity index is 1.62. The van der Waals surface area contributed by atoms with Crippen molar-refractivity contribution >= 4 is 21.8 Å². The van der Waals surface area contributed by atoms with Crippen LogP contribution in [0.5, 0.6) is 0 Å². The zero-order valence-corrected chi connectivity index (χ0v) is 17.5. The Labute approximate surface area is 167 Å². The molecular formula is C26H28N2. The topological polar surface area (TPSA) is 25.8 Å². The monoisotopic (exact) mass is 368 g/mol. The average Bonchev–Trinajstić information content (AvgIpc) is 2.66. The lowest BCUT2D eigenvalue weighted by Gasteiger charge is -2.19. The van der Waals surface area contributed by atoms with Gasteiger partial charge in [0.25, 0.3) is 0 Å². The highest BCUT2D eigenvalue weighted by molar-refractivity contribution is 5.81. The number of benzene rings is 2. The lowest BCUT2D eigenvalue weighted by atomic mass is 9.87. The predicted molar refractivity (Wildman–Crippen MR) is 119 cm³/mol. The lowest BCUT2D eigenvalue weighted by molar-refractivity contribution is 0.588. The van der Waals surface area contributed by atoms with E-state index in [1.54, 1.807) is 0 Å². The van der Waals surface area contributed by atoms with Crippen LogP contribution in [0.2, 0.25) is 0 Å². The molecule has 0 saturated carbocycles. The molecule has 0 aliphatic carbocycles. The Bertz CT molecular complexity index is 1150. The van der Waals surface area contributed by atoms with Gasteiger partial charge in [-0.15, -0.1) is 0 Å². The number of rotatable bonds is 3. The average molecular weight is 369 g/mol. The van der Waals surface area contributed by atoms with E-state index in [2.05, 4.69) is 93.1 Å². The molecule has 0 N–H and O–H groups in total. The van der Waals surface area contributed by atoms with Crippen LogP contribution in [-0.2, 0) is 11.8 Å². The molecule has 0 saturated heterocycles. The van der Waals surface area contributed by atoms with Gasteiger partial charge in [0.1, 0.15) is 0 Å². The molecule has 4 rings (SSSR count). The summed E-state index contributed by atoms with van der Waals surface area (Å²) in [6.45, 7) is 11.1. The van der Waals surface area contributed by atoms with E-state index < -0.39 is 0 Å². The van der Waals surface area contributed by atoms with Crippen molar-refractivity contribution in [2.45, 2.75) is 52.4 Å². The number of fused-ring (bicyclic) bond motifs is 2. The van der Waals surface area contributed by atoms with Crippen LogP contribution in [0.1, 0.15) is 55.9 Å². The third-order valence-corrected chi connectivity index (χ3v) is 5.58. The summed E-state index contributed by atoms with van der Waals surface area (Å²) in [4.78, 5) is 9.34. The molecule has 0 bridgehead atoms. The van der Waals surface area contributed by atoms with Gasteiger partial charge in [-0.2, -0.15) is 0 Å². The fraction of sp³-hybridized carbons (Fsp3) is 0.308. The van der Waals surface area contributed by atoms with Crippen LogP contribution in [0.3, 0.4) is 0 Å². The molecule has 2 heteroatoms. The standard InChI is InChI=1S/C26H28N2/c1-17-6-8-20-13-22(15-27-25(20)10-17)18(2)11-19-7-9-24-21(12-19)14-23(16-28-24)26(3,4)5/h6-10,12-16,18H,11H2,1-5H3. The van der Waals surface area contributed by atoms with Crippen LogP contribution in [-0.4, -0.2) is 9.97 Å². The summed E-state index contributed by atoms with van der Waals surface area (Å²) in [6, 6.07) is 17.7. The van der Waals surface area contributed by atoms with Gasteiger partial charge in [-0.25, -0.2) is 0 Å². The molecule has 142 valence electrons. The largest absolute Gasteiger partial charge is 0.256 e. The highest BCUT2D eigenvalue weighted by atomic mass is 14.7. The first-order chi connectivity index (χ1) is 13.3. The fourth-order valence-electron chi connectivity index (χ4n) is 3.71. The van der Waals surface area contributed by atoms with Gasteiger partial charge in [-0.05, 0) is 77.3 Å². The van der Waals surface area contributed by atoms with Gasteiger partial charge in [0.05, 0.1) is 11.0 Å². The van der Waals surface area contributed by atoms with E-state index in [1.165, 1.54) is 33.0 Å². The molecule has 0 amide bonds. The Hall–Kier alpha value is -2.74. The lowest BCUT2D eigenvalue weighted by Crippen LogP contribution is -2.11. The van der Waals surface area contributed by atoms with Crippen molar-refractivity contribution in [3.05, 3.63) is 83.2 Å². The molecule has 0 spiro atoms. The van der Waals surface area contributed by atoms with Gasteiger partial charge >= 0.3 is 0 Å². The number of pyridine rings is 2. The summed E-state index contributed by atoms with van der Waals surface area (Å²) < 4.78 is 0. The van der Waals surface area contributed by atoms with Gasteiger partial charge in [0.2, 0.25) is 0 Å². The minimum absolute atomic E-state index is 0.111. The Morgan fingerprint density at radius 1 is 0.821 bits per heavy atom. The van der Waals surface area contributed by atoms with E-state index in [1.807, 2.05) is 12.4 Å². The van der Waals surface area contributed by atoms with E-state index in [9.17, 15) is 0 Å². The molecular weight excluding hydrogens is 340 g/mol. The molecule has 0 aliphatic heterocycles. The Morgan fingerprint density at radius 3 is 2.39 bits per heavy atom. The first-order valence-corrected chi connectivity index (χ1v) is 10.0. The molecule has 1 unspecified atom stereocenters. The minimum Gasteiger partial charge on any atom is -0.256 e. The first kappa shape index (κ1) is 18.6. The van der Waals surface area contributed by atoms with E-state index in [-0.39, 0.29) is 5.41 Å². The van der Waals surface area contributed by atoms with E-state index >= 15 is 0 Å². The van der Waals surface area contributed by atoms with Gasteiger partial charge in [-0.3, -0.25) is 9.97 Å². The van der Waals surface area contributed by atoms with Crippen molar-refractivity contribution < 1.29 is 0 Å². The molecule has 0 fully saturated rings. The summed E-state index contributed by atoms with van der Waals surface area (Å²) in [5, 5.41) is 2.44. The van der Waals surface area contributed by atoms with E-state index in [4.69, 9.17) is 0 Å². The zero-order chi connectivity index (χ0) is 19.9. The number of hydrogen-bond acceptors (Lipinski definition) is 2. The third kappa shape index (κ3) is 3.77. The van der Waals surface area contributed by atoms with Gasteiger partial charge in [-0.1, -0.05) is 45.9 Å². The first-order valence-electron chi connectivity index (χ1n) is 10.0. The van der Waals surface area contributed by atoms with Crippen molar-refractivity contribution in [1.82, 2.24) is 9.97 Å². The zero-order valence-electron chi connectivity index (χ0n) is 17.5. The molecule has 4 aromatic rings. The molecule has 28 heavy (non-hydrogen) atoms. The van der Waals surface area contributed by atoms with Crippen molar-refractivity contribution in [2.75, 3.05) is 0 Å². The number of aryl methyl sites for hydroxylation is 1. The molecule has 0 aliphatic rings. The van der Waals surface area contributed by atoms with Crippen LogP contribution >= 0.6 is 0 Å². The molecule has 2 aromatic carbocycles. The second-order valence-corrected chi connectivity index (χ2v) is 9.07. The quantitative estimate of drug-likeness (QED) is 0.400. The van der Waals surface area contributed by atoms with Crippen LogP contribution in [0.4, 0.5) is 0 Å². The van der Waals surface area contributed by atoms with Crippen LogP contribution in [0.25, 0.3) is 21.8 Å². The maximum absolute atomic E-state index is 4.68. The second kappa shape index (κ2) is 7.01.